The van der Waals surface area contributed by atoms with Gasteiger partial charge < -0.3 is 20.6 Å². The van der Waals surface area contributed by atoms with Gasteiger partial charge in [0.25, 0.3) is 0 Å². The molecule has 2 amide bonds. The van der Waals surface area contributed by atoms with Crippen molar-refractivity contribution in [2.24, 2.45) is 0 Å². The summed E-state index contributed by atoms with van der Waals surface area (Å²) in [5.41, 5.74) is 0. The van der Waals surface area contributed by atoms with Gasteiger partial charge in [0.05, 0.1) is 6.61 Å². The molecule has 1 heterocycles. The Morgan fingerprint density at radius 2 is 2.50 bits per heavy atom. The number of nitrogens with one attached hydrogen (secondary N) is 2. The molecule has 1 fully saturated rings. The monoisotopic (exact) mass is 201 g/mol. The second-order valence-corrected chi connectivity index (χ2v) is 3.46. The van der Waals surface area contributed by atoms with Crippen LogP contribution >= 0.6 is 0 Å². The van der Waals surface area contributed by atoms with E-state index in [1.54, 1.807) is 4.90 Å². The molecule has 1 rings (SSSR count). The van der Waals surface area contributed by atoms with Crippen LogP contribution in [-0.4, -0.2) is 54.9 Å². The molecule has 1 aliphatic rings. The fourth-order valence-electron chi connectivity index (χ4n) is 1.47. The van der Waals surface area contributed by atoms with Gasteiger partial charge in [-0.15, -0.1) is 0 Å². The van der Waals surface area contributed by atoms with Gasteiger partial charge in [-0.2, -0.15) is 0 Å². The van der Waals surface area contributed by atoms with Gasteiger partial charge in [0.15, 0.2) is 0 Å². The van der Waals surface area contributed by atoms with Crippen LogP contribution in [0, 0.1) is 0 Å². The maximum Gasteiger partial charge on any atom is 0.317 e. The lowest BCUT2D eigenvalue weighted by atomic mass is 10.2. The first-order valence-corrected chi connectivity index (χ1v) is 5.15. The van der Waals surface area contributed by atoms with Crippen LogP contribution < -0.4 is 10.6 Å². The van der Waals surface area contributed by atoms with Crippen molar-refractivity contribution in [3.63, 3.8) is 0 Å². The highest BCUT2D eigenvalue weighted by molar-refractivity contribution is 5.76. The molecule has 1 saturated heterocycles. The third kappa shape index (κ3) is 3.16. The van der Waals surface area contributed by atoms with E-state index in [4.69, 9.17) is 5.11 Å². The second kappa shape index (κ2) is 5.82. The molecular formula is C9H19N3O2. The van der Waals surface area contributed by atoms with E-state index in [0.717, 1.165) is 26.1 Å². The third-order valence-electron chi connectivity index (χ3n) is 2.47. The predicted octanol–water partition coefficient (Wildman–Crippen LogP) is -0.628. The van der Waals surface area contributed by atoms with Crippen LogP contribution in [0.5, 0.6) is 0 Å². The molecule has 5 heteroatoms. The van der Waals surface area contributed by atoms with Crippen LogP contribution in [0.2, 0.25) is 0 Å². The standard InChI is InChI=1S/C9H19N3O2/c1-2-8(7-13)10-3-5-12-6-4-11-9(12)14/h8,10,13H,2-7H2,1H3,(H,11,14). The van der Waals surface area contributed by atoms with Gasteiger partial charge >= 0.3 is 6.03 Å². The molecule has 1 aliphatic heterocycles. The van der Waals surface area contributed by atoms with Gasteiger partial charge in [-0.05, 0) is 6.42 Å². The summed E-state index contributed by atoms with van der Waals surface area (Å²) < 4.78 is 0. The average Bonchev–Trinajstić information content (AvgIpc) is 2.59. The van der Waals surface area contributed by atoms with E-state index in [0.29, 0.717) is 6.54 Å². The zero-order valence-corrected chi connectivity index (χ0v) is 8.62. The minimum atomic E-state index is 0.0175. The number of hydrogen-bond acceptors (Lipinski definition) is 3. The Morgan fingerprint density at radius 3 is 3.00 bits per heavy atom. The molecule has 1 unspecified atom stereocenters. The minimum absolute atomic E-state index is 0.0175. The summed E-state index contributed by atoms with van der Waals surface area (Å²) in [4.78, 5) is 12.9. The molecule has 5 nitrogen and oxygen atoms in total. The van der Waals surface area contributed by atoms with Crippen LogP contribution in [-0.2, 0) is 0 Å². The van der Waals surface area contributed by atoms with E-state index in [2.05, 4.69) is 10.6 Å². The van der Waals surface area contributed by atoms with E-state index in [-0.39, 0.29) is 18.7 Å². The summed E-state index contributed by atoms with van der Waals surface area (Å²) in [7, 11) is 0. The molecule has 0 radical (unpaired) electrons. The van der Waals surface area contributed by atoms with Gasteiger partial charge in [0.2, 0.25) is 0 Å². The number of aliphatic hydroxyl groups excluding tert-OH is 1. The Hall–Kier alpha value is -0.810. The predicted molar refractivity (Wildman–Crippen MR) is 54.1 cm³/mol. The SMILES string of the molecule is CCC(CO)NCCN1CCNC1=O. The van der Waals surface area contributed by atoms with Gasteiger partial charge in [-0.1, -0.05) is 6.92 Å². The van der Waals surface area contributed by atoms with E-state index in [1.165, 1.54) is 0 Å². The molecule has 3 N–H and O–H groups in total. The van der Waals surface area contributed by atoms with Crippen molar-refractivity contribution in [1.82, 2.24) is 15.5 Å². The van der Waals surface area contributed by atoms with Crippen molar-refractivity contribution in [2.45, 2.75) is 19.4 Å². The quantitative estimate of drug-likeness (QED) is 0.536. The molecule has 1 atom stereocenters. The fourth-order valence-corrected chi connectivity index (χ4v) is 1.47. The molecule has 0 aromatic rings. The maximum absolute atomic E-state index is 11.1. The maximum atomic E-state index is 11.1. The van der Waals surface area contributed by atoms with Crippen LogP contribution in [0.3, 0.4) is 0 Å². The lowest BCUT2D eigenvalue weighted by Crippen LogP contribution is -2.39. The number of rotatable bonds is 6. The van der Waals surface area contributed by atoms with Gasteiger partial charge in [0, 0.05) is 32.2 Å². The Labute approximate surface area is 84.5 Å². The summed E-state index contributed by atoms with van der Waals surface area (Å²) in [5, 5.41) is 14.9. The molecule has 0 bridgehead atoms. The van der Waals surface area contributed by atoms with E-state index >= 15 is 0 Å². The first-order chi connectivity index (χ1) is 6.77. The van der Waals surface area contributed by atoms with Crippen molar-refractivity contribution >= 4 is 6.03 Å². The number of carbonyl (C=O) groups excluding carboxylic acids is 1. The van der Waals surface area contributed by atoms with E-state index < -0.39 is 0 Å². The topological polar surface area (TPSA) is 64.6 Å². The zero-order chi connectivity index (χ0) is 10.4. The summed E-state index contributed by atoms with van der Waals surface area (Å²) in [5.74, 6) is 0. The highest BCUT2D eigenvalue weighted by Crippen LogP contribution is 1.95. The molecule has 14 heavy (non-hydrogen) atoms. The molecule has 82 valence electrons. The Morgan fingerprint density at radius 1 is 1.71 bits per heavy atom. The first kappa shape index (κ1) is 11.3. The minimum Gasteiger partial charge on any atom is -0.395 e. The normalized spacial score (nSPS) is 18.4. The number of amides is 2. The Balaban J connectivity index is 2.11. The van der Waals surface area contributed by atoms with Crippen molar-refractivity contribution < 1.29 is 9.90 Å². The number of aliphatic hydroxyl groups is 1. The number of nitrogens with zero attached hydrogens (tertiary/aromatic N) is 1. The Bertz CT molecular complexity index is 183. The van der Waals surface area contributed by atoms with Crippen LogP contribution in [0.15, 0.2) is 0 Å². The molecule has 0 aromatic carbocycles. The summed E-state index contributed by atoms with van der Waals surface area (Å²) >= 11 is 0. The van der Waals surface area contributed by atoms with Gasteiger partial charge in [0.1, 0.15) is 0 Å². The number of hydrogen-bond donors (Lipinski definition) is 3. The Kier molecular flexibility index (Phi) is 4.69. The third-order valence-corrected chi connectivity index (χ3v) is 2.47. The average molecular weight is 201 g/mol. The molecule has 0 spiro atoms. The summed E-state index contributed by atoms with van der Waals surface area (Å²) in [6.07, 6.45) is 0.905. The molecule has 0 saturated carbocycles. The lowest BCUT2D eigenvalue weighted by molar-refractivity contribution is 0.212. The van der Waals surface area contributed by atoms with Crippen LogP contribution in [0.25, 0.3) is 0 Å². The zero-order valence-electron chi connectivity index (χ0n) is 8.62. The molecular weight excluding hydrogens is 182 g/mol. The highest BCUT2D eigenvalue weighted by atomic mass is 16.3. The molecule has 0 aromatic heterocycles. The largest absolute Gasteiger partial charge is 0.395 e. The van der Waals surface area contributed by atoms with Crippen LogP contribution in [0.4, 0.5) is 4.79 Å². The fraction of sp³-hybridized carbons (Fsp3) is 0.889. The van der Waals surface area contributed by atoms with Crippen molar-refractivity contribution in [3.05, 3.63) is 0 Å². The first-order valence-electron chi connectivity index (χ1n) is 5.15. The summed E-state index contributed by atoms with van der Waals surface area (Å²) in [6, 6.07) is 0.171. The number of urea groups is 1. The summed E-state index contributed by atoms with van der Waals surface area (Å²) in [6.45, 7) is 5.17. The van der Waals surface area contributed by atoms with Gasteiger partial charge in [-0.25, -0.2) is 4.79 Å². The van der Waals surface area contributed by atoms with Crippen molar-refractivity contribution in [2.75, 3.05) is 32.8 Å². The van der Waals surface area contributed by atoms with E-state index in [9.17, 15) is 4.79 Å². The highest BCUT2D eigenvalue weighted by Gasteiger charge is 2.18. The smallest absolute Gasteiger partial charge is 0.317 e. The molecule has 0 aliphatic carbocycles. The van der Waals surface area contributed by atoms with Crippen LogP contribution in [0.1, 0.15) is 13.3 Å². The van der Waals surface area contributed by atoms with Crippen molar-refractivity contribution in [3.8, 4) is 0 Å². The van der Waals surface area contributed by atoms with E-state index in [1.807, 2.05) is 6.92 Å². The number of carbonyl (C=O) groups is 1. The van der Waals surface area contributed by atoms with Crippen molar-refractivity contribution in [1.29, 1.82) is 0 Å². The second-order valence-electron chi connectivity index (χ2n) is 3.46. The van der Waals surface area contributed by atoms with Gasteiger partial charge in [-0.3, -0.25) is 0 Å². The lowest BCUT2D eigenvalue weighted by Gasteiger charge is -2.18.